The van der Waals surface area contributed by atoms with Gasteiger partial charge in [0.25, 0.3) is 0 Å². The van der Waals surface area contributed by atoms with Crippen LogP contribution in [-0.4, -0.2) is 19.3 Å². The van der Waals surface area contributed by atoms with Crippen LogP contribution in [0.5, 0.6) is 0 Å². The minimum absolute atomic E-state index is 0.456. The van der Waals surface area contributed by atoms with Crippen molar-refractivity contribution in [1.29, 1.82) is 0 Å². The summed E-state index contributed by atoms with van der Waals surface area (Å²) in [7, 11) is 4.05. The van der Waals surface area contributed by atoms with Crippen molar-refractivity contribution in [3.05, 3.63) is 54.1 Å². The highest BCUT2D eigenvalue weighted by Crippen LogP contribution is 2.20. The van der Waals surface area contributed by atoms with Gasteiger partial charge in [-0.3, -0.25) is 0 Å². The Morgan fingerprint density at radius 2 is 1.42 bits per heavy atom. The summed E-state index contributed by atoms with van der Waals surface area (Å²) in [6.45, 7) is 0.456. The van der Waals surface area contributed by atoms with Crippen molar-refractivity contribution in [3.8, 4) is 0 Å². The fraction of sp³-hybridized carbons (Fsp3) is 0.200. The molecule has 2 rings (SSSR count). The first-order chi connectivity index (χ1) is 9.19. The second-order valence-electron chi connectivity index (χ2n) is 4.60. The van der Waals surface area contributed by atoms with Crippen LogP contribution in [0.25, 0.3) is 0 Å². The van der Waals surface area contributed by atoms with Crippen molar-refractivity contribution in [2.75, 3.05) is 24.3 Å². The molecule has 0 aliphatic carbocycles. The molecule has 4 heteroatoms. The molecule has 2 aromatic rings. The van der Waals surface area contributed by atoms with Crippen LogP contribution < -0.4 is 15.7 Å². The SMILES string of the molecule is CN(C)c1ccc(Nc2ccc(CNO)cc2)cc1. The lowest BCUT2D eigenvalue weighted by molar-refractivity contribution is 0.161. The maximum Gasteiger partial charge on any atom is 0.0458 e. The number of anilines is 3. The monoisotopic (exact) mass is 257 g/mol. The van der Waals surface area contributed by atoms with Gasteiger partial charge in [0.2, 0.25) is 0 Å². The van der Waals surface area contributed by atoms with E-state index < -0.39 is 0 Å². The lowest BCUT2D eigenvalue weighted by Crippen LogP contribution is -2.08. The smallest absolute Gasteiger partial charge is 0.0458 e. The molecule has 0 bridgehead atoms. The zero-order chi connectivity index (χ0) is 13.7. The Balaban J connectivity index is 2.04. The second kappa shape index (κ2) is 6.22. The van der Waals surface area contributed by atoms with Crippen molar-refractivity contribution in [1.82, 2.24) is 5.48 Å². The Hall–Kier alpha value is -2.04. The van der Waals surface area contributed by atoms with E-state index in [4.69, 9.17) is 5.21 Å². The minimum atomic E-state index is 0.456. The summed E-state index contributed by atoms with van der Waals surface area (Å²) in [5.41, 5.74) is 6.44. The van der Waals surface area contributed by atoms with Crippen molar-refractivity contribution in [2.24, 2.45) is 0 Å². The van der Waals surface area contributed by atoms with Crippen LogP contribution in [0.2, 0.25) is 0 Å². The molecule has 0 saturated heterocycles. The van der Waals surface area contributed by atoms with Crippen LogP contribution in [0, 0.1) is 0 Å². The molecule has 0 aliphatic rings. The van der Waals surface area contributed by atoms with Crippen molar-refractivity contribution >= 4 is 17.1 Å². The molecular formula is C15H19N3O. The summed E-state index contributed by atoms with van der Waals surface area (Å²) >= 11 is 0. The van der Waals surface area contributed by atoms with Crippen LogP contribution in [0.4, 0.5) is 17.1 Å². The number of hydrogen-bond acceptors (Lipinski definition) is 4. The summed E-state index contributed by atoms with van der Waals surface area (Å²) in [6.07, 6.45) is 0. The minimum Gasteiger partial charge on any atom is -0.378 e. The number of hydrogen-bond donors (Lipinski definition) is 3. The van der Waals surface area contributed by atoms with Gasteiger partial charge in [0.1, 0.15) is 0 Å². The highest BCUT2D eigenvalue weighted by molar-refractivity contribution is 5.62. The molecular weight excluding hydrogens is 238 g/mol. The lowest BCUT2D eigenvalue weighted by Gasteiger charge is -2.13. The number of nitrogens with one attached hydrogen (secondary N) is 2. The topological polar surface area (TPSA) is 47.5 Å². The van der Waals surface area contributed by atoms with E-state index in [0.717, 1.165) is 16.9 Å². The van der Waals surface area contributed by atoms with E-state index >= 15 is 0 Å². The van der Waals surface area contributed by atoms with Gasteiger partial charge in [-0.05, 0) is 42.0 Å². The zero-order valence-electron chi connectivity index (χ0n) is 11.2. The first-order valence-corrected chi connectivity index (χ1v) is 6.19. The van der Waals surface area contributed by atoms with Crippen molar-refractivity contribution in [2.45, 2.75) is 6.54 Å². The third kappa shape index (κ3) is 3.71. The fourth-order valence-electron chi connectivity index (χ4n) is 1.81. The van der Waals surface area contributed by atoms with E-state index in [2.05, 4.69) is 40.0 Å². The molecule has 19 heavy (non-hydrogen) atoms. The van der Waals surface area contributed by atoms with Gasteiger partial charge in [0, 0.05) is 37.7 Å². The quantitative estimate of drug-likeness (QED) is 0.721. The normalized spacial score (nSPS) is 10.3. The Morgan fingerprint density at radius 3 is 1.89 bits per heavy atom. The predicted octanol–water partition coefficient (Wildman–Crippen LogP) is 2.98. The molecule has 3 N–H and O–H groups in total. The molecule has 0 atom stereocenters. The molecule has 0 amide bonds. The number of benzene rings is 2. The zero-order valence-corrected chi connectivity index (χ0v) is 11.2. The second-order valence-corrected chi connectivity index (χ2v) is 4.60. The largest absolute Gasteiger partial charge is 0.378 e. The Bertz CT molecular complexity index is 506. The molecule has 4 nitrogen and oxygen atoms in total. The molecule has 0 fully saturated rings. The third-order valence-electron chi connectivity index (χ3n) is 2.91. The molecule has 0 heterocycles. The Labute approximate surface area is 113 Å². The van der Waals surface area contributed by atoms with Crippen LogP contribution in [-0.2, 0) is 6.54 Å². The van der Waals surface area contributed by atoms with Crippen LogP contribution in [0.1, 0.15) is 5.56 Å². The van der Waals surface area contributed by atoms with Gasteiger partial charge in [-0.1, -0.05) is 12.1 Å². The van der Waals surface area contributed by atoms with E-state index in [1.165, 1.54) is 5.69 Å². The van der Waals surface area contributed by atoms with Gasteiger partial charge in [0.05, 0.1) is 0 Å². The molecule has 0 aromatic heterocycles. The van der Waals surface area contributed by atoms with E-state index in [9.17, 15) is 0 Å². The number of hydroxylamine groups is 1. The summed E-state index contributed by atoms with van der Waals surface area (Å²) in [5.74, 6) is 0. The molecule has 0 spiro atoms. The van der Waals surface area contributed by atoms with Gasteiger partial charge < -0.3 is 15.4 Å². The van der Waals surface area contributed by atoms with Crippen LogP contribution in [0.3, 0.4) is 0 Å². The average Bonchev–Trinajstić information content (AvgIpc) is 2.42. The molecule has 0 saturated carbocycles. The molecule has 0 radical (unpaired) electrons. The molecule has 2 aromatic carbocycles. The van der Waals surface area contributed by atoms with Gasteiger partial charge in [-0.15, -0.1) is 0 Å². The van der Waals surface area contributed by atoms with Gasteiger partial charge in [0.15, 0.2) is 0 Å². The van der Waals surface area contributed by atoms with Gasteiger partial charge in [-0.25, -0.2) is 5.48 Å². The number of rotatable bonds is 5. The summed E-state index contributed by atoms with van der Waals surface area (Å²) < 4.78 is 0. The van der Waals surface area contributed by atoms with E-state index in [-0.39, 0.29) is 0 Å². The van der Waals surface area contributed by atoms with Crippen molar-refractivity contribution in [3.63, 3.8) is 0 Å². The maximum atomic E-state index is 8.63. The highest BCUT2D eigenvalue weighted by atomic mass is 16.5. The van der Waals surface area contributed by atoms with Gasteiger partial charge >= 0.3 is 0 Å². The lowest BCUT2D eigenvalue weighted by atomic mass is 10.2. The van der Waals surface area contributed by atoms with Gasteiger partial charge in [-0.2, -0.15) is 0 Å². The summed E-state index contributed by atoms with van der Waals surface area (Å²) in [4.78, 5) is 2.07. The van der Waals surface area contributed by atoms with E-state index in [0.29, 0.717) is 6.54 Å². The first kappa shape index (κ1) is 13.4. The highest BCUT2D eigenvalue weighted by Gasteiger charge is 1.98. The Morgan fingerprint density at radius 1 is 0.895 bits per heavy atom. The predicted molar refractivity (Wildman–Crippen MR) is 79.1 cm³/mol. The third-order valence-corrected chi connectivity index (χ3v) is 2.91. The Kier molecular flexibility index (Phi) is 4.39. The standard InChI is InChI=1S/C15H19N3O/c1-18(2)15-9-7-14(8-10-15)17-13-5-3-12(4-6-13)11-16-19/h3-10,16-17,19H,11H2,1-2H3. The molecule has 100 valence electrons. The summed E-state index contributed by atoms with van der Waals surface area (Å²) in [5, 5.41) is 12.0. The van der Waals surface area contributed by atoms with Crippen LogP contribution >= 0.6 is 0 Å². The first-order valence-electron chi connectivity index (χ1n) is 6.19. The van der Waals surface area contributed by atoms with Crippen molar-refractivity contribution < 1.29 is 5.21 Å². The van der Waals surface area contributed by atoms with E-state index in [1.54, 1.807) is 0 Å². The fourth-order valence-corrected chi connectivity index (χ4v) is 1.81. The number of nitrogens with zero attached hydrogens (tertiary/aromatic N) is 1. The van der Waals surface area contributed by atoms with E-state index in [1.807, 2.05) is 38.4 Å². The maximum absolute atomic E-state index is 8.63. The summed E-state index contributed by atoms with van der Waals surface area (Å²) in [6, 6.07) is 16.2. The molecule has 0 unspecified atom stereocenters. The van der Waals surface area contributed by atoms with Crippen LogP contribution in [0.15, 0.2) is 48.5 Å². The average molecular weight is 257 g/mol. The molecule has 0 aliphatic heterocycles.